The molecule has 0 amide bonds. The maximum atomic E-state index is 5.65. The second-order valence-electron chi connectivity index (χ2n) is 6.48. The Bertz CT molecular complexity index is 849. The molecule has 1 aliphatic heterocycles. The molecule has 8 nitrogen and oxygen atoms in total. The van der Waals surface area contributed by atoms with Crippen molar-refractivity contribution in [2.75, 3.05) is 37.6 Å². The van der Waals surface area contributed by atoms with E-state index in [1.54, 1.807) is 11.3 Å². The first-order valence-electron chi connectivity index (χ1n) is 8.66. The number of nitrogens with zero attached hydrogens (tertiary/aromatic N) is 6. The number of piperazine rings is 1. The minimum absolute atomic E-state index is 0.176. The number of rotatable bonds is 4. The summed E-state index contributed by atoms with van der Waals surface area (Å²) in [6.45, 7) is 6.72. The van der Waals surface area contributed by atoms with Gasteiger partial charge in [0.15, 0.2) is 0 Å². The van der Waals surface area contributed by atoms with E-state index in [9.17, 15) is 0 Å². The van der Waals surface area contributed by atoms with Crippen LogP contribution in [0.15, 0.2) is 24.3 Å². The number of aromatic nitrogens is 4. The van der Waals surface area contributed by atoms with Crippen LogP contribution in [-0.2, 0) is 6.54 Å². The number of hydrogen-bond donors (Lipinski definition) is 2. The summed E-state index contributed by atoms with van der Waals surface area (Å²) >= 11 is 1.78. The third-order valence-corrected chi connectivity index (χ3v) is 5.91. The van der Waals surface area contributed by atoms with Crippen molar-refractivity contribution in [2.45, 2.75) is 19.5 Å². The standard InChI is InChI=1S/C17H22N8S/c1-11(15-20-12-4-2-3-5-13(12)26-15)25-8-6-24(7-9-25)10-14-21-16(18)23-17(19)22-14/h2-5,11H,6-10H2,1H3,(H4,18,19,21,22,23). The molecule has 0 saturated carbocycles. The number of anilines is 2. The van der Waals surface area contributed by atoms with Crippen molar-refractivity contribution < 1.29 is 0 Å². The first-order valence-corrected chi connectivity index (χ1v) is 9.48. The molecular formula is C17H22N8S. The second kappa shape index (κ2) is 7.10. The average Bonchev–Trinajstić information content (AvgIpc) is 3.05. The maximum Gasteiger partial charge on any atom is 0.225 e. The first kappa shape index (κ1) is 17.1. The quantitative estimate of drug-likeness (QED) is 0.711. The minimum Gasteiger partial charge on any atom is -0.368 e. The molecule has 1 aromatic carbocycles. The summed E-state index contributed by atoms with van der Waals surface area (Å²) in [5.74, 6) is 0.980. The van der Waals surface area contributed by atoms with Gasteiger partial charge in [-0.05, 0) is 19.1 Å². The molecule has 3 heterocycles. The summed E-state index contributed by atoms with van der Waals surface area (Å²) in [6.07, 6.45) is 0. The molecule has 0 spiro atoms. The number of nitrogens with two attached hydrogens (primary N) is 2. The van der Waals surface area contributed by atoms with Crippen LogP contribution in [0.3, 0.4) is 0 Å². The molecule has 0 radical (unpaired) electrons. The molecule has 1 atom stereocenters. The van der Waals surface area contributed by atoms with Crippen molar-refractivity contribution in [3.05, 3.63) is 35.1 Å². The van der Waals surface area contributed by atoms with Gasteiger partial charge in [0, 0.05) is 26.2 Å². The van der Waals surface area contributed by atoms with Crippen LogP contribution in [-0.4, -0.2) is 55.9 Å². The highest BCUT2D eigenvalue weighted by molar-refractivity contribution is 7.18. The predicted octanol–water partition coefficient (Wildman–Crippen LogP) is 1.52. The zero-order chi connectivity index (χ0) is 18.1. The van der Waals surface area contributed by atoms with Crippen molar-refractivity contribution >= 4 is 33.5 Å². The van der Waals surface area contributed by atoms with Crippen molar-refractivity contribution in [3.63, 3.8) is 0 Å². The van der Waals surface area contributed by atoms with E-state index in [4.69, 9.17) is 16.5 Å². The van der Waals surface area contributed by atoms with Gasteiger partial charge in [-0.15, -0.1) is 11.3 Å². The van der Waals surface area contributed by atoms with Gasteiger partial charge in [0.25, 0.3) is 0 Å². The van der Waals surface area contributed by atoms with Crippen LogP contribution in [0.2, 0.25) is 0 Å². The number of para-hydroxylation sites is 1. The van der Waals surface area contributed by atoms with Gasteiger partial charge in [-0.25, -0.2) is 4.98 Å². The molecule has 4 rings (SSSR count). The molecule has 3 aromatic rings. The Labute approximate surface area is 155 Å². The minimum atomic E-state index is 0.176. The molecule has 9 heteroatoms. The third-order valence-electron chi connectivity index (χ3n) is 4.70. The van der Waals surface area contributed by atoms with Crippen LogP contribution in [0.4, 0.5) is 11.9 Å². The molecule has 0 bridgehead atoms. The fourth-order valence-electron chi connectivity index (χ4n) is 3.26. The zero-order valence-corrected chi connectivity index (χ0v) is 15.5. The molecule has 4 N–H and O–H groups in total. The van der Waals surface area contributed by atoms with Crippen LogP contribution in [0.5, 0.6) is 0 Å². The van der Waals surface area contributed by atoms with E-state index in [0.717, 1.165) is 31.7 Å². The lowest BCUT2D eigenvalue weighted by atomic mass is 10.2. The summed E-state index contributed by atoms with van der Waals surface area (Å²) < 4.78 is 1.25. The summed E-state index contributed by atoms with van der Waals surface area (Å²) in [7, 11) is 0. The fourth-order valence-corrected chi connectivity index (χ4v) is 4.31. The average molecular weight is 370 g/mol. The SMILES string of the molecule is CC(c1nc2ccccc2s1)N1CCN(Cc2nc(N)nc(N)n2)CC1. The molecule has 1 fully saturated rings. The van der Waals surface area contributed by atoms with Gasteiger partial charge in [0.1, 0.15) is 10.8 Å². The Kier molecular flexibility index (Phi) is 4.66. The van der Waals surface area contributed by atoms with Crippen molar-refractivity contribution in [3.8, 4) is 0 Å². The molecule has 0 aliphatic carbocycles. The van der Waals surface area contributed by atoms with E-state index < -0.39 is 0 Å². The maximum absolute atomic E-state index is 5.65. The van der Waals surface area contributed by atoms with Gasteiger partial charge in [0.2, 0.25) is 11.9 Å². The smallest absolute Gasteiger partial charge is 0.225 e. The van der Waals surface area contributed by atoms with E-state index in [1.807, 2.05) is 6.07 Å². The predicted molar refractivity (Wildman–Crippen MR) is 104 cm³/mol. The zero-order valence-electron chi connectivity index (χ0n) is 14.7. The number of benzene rings is 1. The van der Waals surface area contributed by atoms with Crippen LogP contribution >= 0.6 is 11.3 Å². The fraction of sp³-hybridized carbons (Fsp3) is 0.412. The Morgan fingerprint density at radius 2 is 1.69 bits per heavy atom. The number of fused-ring (bicyclic) bond motifs is 1. The number of hydrogen-bond acceptors (Lipinski definition) is 9. The molecule has 1 aliphatic rings. The van der Waals surface area contributed by atoms with Crippen molar-refractivity contribution in [2.24, 2.45) is 0 Å². The highest BCUT2D eigenvalue weighted by atomic mass is 32.1. The number of nitrogen functional groups attached to an aromatic ring is 2. The van der Waals surface area contributed by atoms with Crippen LogP contribution in [0, 0.1) is 0 Å². The second-order valence-corrected chi connectivity index (χ2v) is 7.54. The third kappa shape index (κ3) is 3.59. The Hall–Kier alpha value is -2.36. The highest BCUT2D eigenvalue weighted by Gasteiger charge is 2.24. The lowest BCUT2D eigenvalue weighted by Gasteiger charge is -2.37. The molecule has 1 saturated heterocycles. The van der Waals surface area contributed by atoms with E-state index in [0.29, 0.717) is 18.4 Å². The normalized spacial score (nSPS) is 17.6. The lowest BCUT2D eigenvalue weighted by Crippen LogP contribution is -2.46. The number of thiazole rings is 1. The van der Waals surface area contributed by atoms with Crippen LogP contribution in [0.25, 0.3) is 10.2 Å². The molecule has 1 unspecified atom stereocenters. The van der Waals surface area contributed by atoms with Crippen LogP contribution in [0.1, 0.15) is 23.8 Å². The Balaban J connectivity index is 1.38. The molecule has 2 aromatic heterocycles. The Morgan fingerprint density at radius 1 is 1.00 bits per heavy atom. The largest absolute Gasteiger partial charge is 0.368 e. The van der Waals surface area contributed by atoms with Gasteiger partial charge in [0.05, 0.1) is 22.8 Å². The van der Waals surface area contributed by atoms with Gasteiger partial charge < -0.3 is 11.5 Å². The molecule has 26 heavy (non-hydrogen) atoms. The van der Waals surface area contributed by atoms with E-state index in [2.05, 4.69) is 49.9 Å². The highest BCUT2D eigenvalue weighted by Crippen LogP contribution is 2.30. The van der Waals surface area contributed by atoms with Crippen LogP contribution < -0.4 is 11.5 Å². The van der Waals surface area contributed by atoms with Gasteiger partial charge in [-0.1, -0.05) is 12.1 Å². The van der Waals surface area contributed by atoms with Crippen molar-refractivity contribution in [1.29, 1.82) is 0 Å². The first-order chi connectivity index (χ1) is 12.6. The summed E-state index contributed by atoms with van der Waals surface area (Å²) in [4.78, 5) is 21.7. The summed E-state index contributed by atoms with van der Waals surface area (Å²) in [5, 5.41) is 1.18. The van der Waals surface area contributed by atoms with Gasteiger partial charge in [-0.3, -0.25) is 9.80 Å². The summed E-state index contributed by atoms with van der Waals surface area (Å²) in [6, 6.07) is 8.63. The Morgan fingerprint density at radius 3 is 2.38 bits per heavy atom. The topological polar surface area (TPSA) is 110 Å². The molecule has 136 valence electrons. The van der Waals surface area contributed by atoms with Gasteiger partial charge >= 0.3 is 0 Å². The van der Waals surface area contributed by atoms with E-state index in [-0.39, 0.29) is 11.9 Å². The van der Waals surface area contributed by atoms with Crippen molar-refractivity contribution in [1.82, 2.24) is 29.7 Å². The molecular weight excluding hydrogens is 348 g/mol. The lowest BCUT2D eigenvalue weighted by molar-refractivity contribution is 0.0962. The van der Waals surface area contributed by atoms with E-state index in [1.165, 1.54) is 9.71 Å². The van der Waals surface area contributed by atoms with E-state index >= 15 is 0 Å². The van der Waals surface area contributed by atoms with Gasteiger partial charge in [-0.2, -0.15) is 15.0 Å². The summed E-state index contributed by atoms with van der Waals surface area (Å²) in [5.41, 5.74) is 12.4. The monoisotopic (exact) mass is 370 g/mol.